The Morgan fingerprint density at radius 3 is 2.10 bits per heavy atom. The number of rotatable bonds is 6. The first-order valence-corrected chi connectivity index (χ1v) is 12.0. The summed E-state index contributed by atoms with van der Waals surface area (Å²) in [5.74, 6) is 3.47. The highest BCUT2D eigenvalue weighted by Gasteiger charge is 2.41. The van der Waals surface area contributed by atoms with Crippen molar-refractivity contribution < 1.29 is 36.6 Å². The minimum atomic E-state index is -4.65. The molecule has 0 bridgehead atoms. The molecule has 0 heterocycles. The van der Waals surface area contributed by atoms with Crippen molar-refractivity contribution >= 4 is 22.7 Å². The molecule has 1 unspecified atom stereocenters. The van der Waals surface area contributed by atoms with Crippen LogP contribution in [0.1, 0.15) is 46.5 Å². The van der Waals surface area contributed by atoms with Gasteiger partial charge in [-0.25, -0.2) is 14.0 Å². The Morgan fingerprint density at radius 1 is 0.821 bits per heavy atom. The highest BCUT2D eigenvalue weighted by Crippen LogP contribution is 2.28. The molecule has 0 aliphatic rings. The zero-order valence-corrected chi connectivity index (χ0v) is 20.9. The van der Waals surface area contributed by atoms with E-state index in [1.54, 1.807) is 55.5 Å². The third kappa shape index (κ3) is 6.44. The van der Waals surface area contributed by atoms with E-state index in [9.17, 15) is 27.2 Å². The lowest BCUT2D eigenvalue weighted by Crippen LogP contribution is -2.33. The zero-order chi connectivity index (χ0) is 28.2. The standard InChI is InChI=1S/C31H22F4O4/c1-3-5-20-8-11-24(18-27(20)32)19-6-9-21(10-7-19)29(36)38-26-15-14-22-16-25(13-12-23(22)17-26)30(37)39-28(4-2)31(33,34)35/h6-18,28H,4H2,1-2H3. The molecule has 0 amide bonds. The van der Waals surface area contributed by atoms with E-state index in [2.05, 4.69) is 16.6 Å². The first-order valence-electron chi connectivity index (χ1n) is 12.0. The fourth-order valence-electron chi connectivity index (χ4n) is 3.89. The van der Waals surface area contributed by atoms with Gasteiger partial charge < -0.3 is 9.47 Å². The molecule has 0 saturated heterocycles. The van der Waals surface area contributed by atoms with Gasteiger partial charge in [0.1, 0.15) is 11.6 Å². The normalized spacial score (nSPS) is 11.8. The SMILES string of the molecule is CC#Cc1ccc(-c2ccc(C(=O)Oc3ccc4cc(C(=O)OC(CC)C(F)(F)F)ccc4c3)cc2)cc1F. The number of ether oxygens (including phenoxy) is 2. The molecule has 198 valence electrons. The van der Waals surface area contributed by atoms with Crippen molar-refractivity contribution in [3.05, 3.63) is 101 Å². The molecule has 0 aliphatic heterocycles. The molecule has 8 heteroatoms. The van der Waals surface area contributed by atoms with Crippen LogP contribution in [0.2, 0.25) is 0 Å². The van der Waals surface area contributed by atoms with Gasteiger partial charge in [-0.1, -0.05) is 43.2 Å². The van der Waals surface area contributed by atoms with Crippen LogP contribution in [-0.4, -0.2) is 24.2 Å². The van der Waals surface area contributed by atoms with E-state index in [4.69, 9.17) is 4.74 Å². The number of hydrogen-bond donors (Lipinski definition) is 0. The Hall–Kier alpha value is -4.64. The van der Waals surface area contributed by atoms with Crippen LogP contribution < -0.4 is 4.74 Å². The molecular weight excluding hydrogens is 512 g/mol. The molecule has 0 spiro atoms. The summed E-state index contributed by atoms with van der Waals surface area (Å²) in [4.78, 5) is 24.9. The van der Waals surface area contributed by atoms with Gasteiger partial charge in [0, 0.05) is 0 Å². The smallest absolute Gasteiger partial charge is 0.425 e. The minimum Gasteiger partial charge on any atom is -0.449 e. The monoisotopic (exact) mass is 534 g/mol. The van der Waals surface area contributed by atoms with Gasteiger partial charge in [0.25, 0.3) is 0 Å². The van der Waals surface area contributed by atoms with Gasteiger partial charge >= 0.3 is 18.1 Å². The van der Waals surface area contributed by atoms with Crippen LogP contribution in [0.25, 0.3) is 21.9 Å². The van der Waals surface area contributed by atoms with Crippen molar-refractivity contribution in [3.63, 3.8) is 0 Å². The number of benzene rings is 4. The summed E-state index contributed by atoms with van der Waals surface area (Å²) >= 11 is 0. The summed E-state index contributed by atoms with van der Waals surface area (Å²) in [5, 5.41) is 1.16. The van der Waals surface area contributed by atoms with Crippen LogP contribution in [0.3, 0.4) is 0 Å². The van der Waals surface area contributed by atoms with Gasteiger partial charge in [-0.3, -0.25) is 0 Å². The Kier molecular flexibility index (Phi) is 8.01. The van der Waals surface area contributed by atoms with Crippen molar-refractivity contribution in [2.75, 3.05) is 0 Å². The van der Waals surface area contributed by atoms with E-state index in [0.717, 1.165) is 0 Å². The average Bonchev–Trinajstić information content (AvgIpc) is 2.92. The third-order valence-corrected chi connectivity index (χ3v) is 5.93. The van der Waals surface area contributed by atoms with E-state index in [0.29, 0.717) is 27.5 Å². The van der Waals surface area contributed by atoms with Crippen LogP contribution in [-0.2, 0) is 4.74 Å². The number of esters is 2. The van der Waals surface area contributed by atoms with Crippen molar-refractivity contribution in [3.8, 4) is 28.7 Å². The van der Waals surface area contributed by atoms with E-state index >= 15 is 0 Å². The molecule has 4 aromatic rings. The maximum atomic E-state index is 14.2. The molecule has 0 N–H and O–H groups in total. The number of alkyl halides is 3. The highest BCUT2D eigenvalue weighted by molar-refractivity contribution is 5.96. The number of carbonyl (C=O) groups excluding carboxylic acids is 2. The second-order valence-corrected chi connectivity index (χ2v) is 8.60. The topological polar surface area (TPSA) is 52.6 Å². The molecule has 4 aromatic carbocycles. The van der Waals surface area contributed by atoms with Gasteiger partial charge in [0.05, 0.1) is 16.7 Å². The lowest BCUT2D eigenvalue weighted by atomic mass is 10.0. The van der Waals surface area contributed by atoms with Gasteiger partial charge in [-0.05, 0) is 83.8 Å². The summed E-state index contributed by atoms with van der Waals surface area (Å²) in [7, 11) is 0. The summed E-state index contributed by atoms with van der Waals surface area (Å²) < 4.78 is 63.1. The van der Waals surface area contributed by atoms with Gasteiger partial charge in [0.15, 0.2) is 6.10 Å². The molecule has 39 heavy (non-hydrogen) atoms. The summed E-state index contributed by atoms with van der Waals surface area (Å²) in [6, 6.07) is 20.2. The van der Waals surface area contributed by atoms with E-state index in [-0.39, 0.29) is 23.3 Å². The van der Waals surface area contributed by atoms with E-state index in [1.807, 2.05) is 0 Å². The van der Waals surface area contributed by atoms with Gasteiger partial charge in [-0.2, -0.15) is 13.2 Å². The van der Waals surface area contributed by atoms with Crippen molar-refractivity contribution in [2.24, 2.45) is 0 Å². The number of halogens is 4. The summed E-state index contributed by atoms with van der Waals surface area (Å²) in [6.07, 6.45) is -7.21. The first-order chi connectivity index (χ1) is 18.6. The molecule has 0 fully saturated rings. The molecule has 0 aromatic heterocycles. The van der Waals surface area contributed by atoms with Crippen molar-refractivity contribution in [2.45, 2.75) is 32.5 Å². The number of hydrogen-bond acceptors (Lipinski definition) is 4. The van der Waals surface area contributed by atoms with Crippen LogP contribution in [0.4, 0.5) is 17.6 Å². The van der Waals surface area contributed by atoms with Gasteiger partial charge in [0.2, 0.25) is 0 Å². The Balaban J connectivity index is 1.45. The Morgan fingerprint density at radius 2 is 1.46 bits per heavy atom. The molecule has 0 saturated carbocycles. The van der Waals surface area contributed by atoms with E-state index < -0.39 is 30.0 Å². The fourth-order valence-corrected chi connectivity index (χ4v) is 3.89. The second kappa shape index (κ2) is 11.4. The maximum Gasteiger partial charge on any atom is 0.425 e. The lowest BCUT2D eigenvalue weighted by Gasteiger charge is -2.19. The predicted molar refractivity (Wildman–Crippen MR) is 139 cm³/mol. The highest BCUT2D eigenvalue weighted by atomic mass is 19.4. The van der Waals surface area contributed by atoms with Crippen molar-refractivity contribution in [1.29, 1.82) is 0 Å². The lowest BCUT2D eigenvalue weighted by molar-refractivity contribution is -0.204. The minimum absolute atomic E-state index is 0.0251. The molecule has 0 radical (unpaired) electrons. The molecule has 4 nitrogen and oxygen atoms in total. The van der Waals surface area contributed by atoms with Crippen molar-refractivity contribution in [1.82, 2.24) is 0 Å². The Bertz CT molecular complexity index is 1600. The second-order valence-electron chi connectivity index (χ2n) is 8.60. The summed E-state index contributed by atoms with van der Waals surface area (Å²) in [5.41, 5.74) is 1.90. The molecular formula is C31H22F4O4. The average molecular weight is 535 g/mol. The molecule has 0 aliphatic carbocycles. The zero-order valence-electron chi connectivity index (χ0n) is 20.9. The van der Waals surface area contributed by atoms with Crippen LogP contribution in [0.5, 0.6) is 5.75 Å². The quantitative estimate of drug-likeness (QED) is 0.110. The molecule has 1 atom stereocenters. The third-order valence-electron chi connectivity index (χ3n) is 5.93. The fraction of sp³-hybridized carbons (Fsp3) is 0.161. The van der Waals surface area contributed by atoms with Crippen LogP contribution in [0, 0.1) is 17.7 Å². The largest absolute Gasteiger partial charge is 0.449 e. The Labute approximate surface area is 222 Å². The number of fused-ring (bicyclic) bond motifs is 1. The predicted octanol–water partition coefficient (Wildman–Crippen LogP) is 7.73. The first kappa shape index (κ1) is 27.4. The number of carbonyl (C=O) groups is 2. The maximum absolute atomic E-state index is 14.2. The van der Waals surface area contributed by atoms with Crippen LogP contribution in [0.15, 0.2) is 78.9 Å². The van der Waals surface area contributed by atoms with E-state index in [1.165, 1.54) is 37.3 Å². The van der Waals surface area contributed by atoms with Crippen LogP contribution >= 0.6 is 0 Å². The molecule has 4 rings (SSSR count). The van der Waals surface area contributed by atoms with Gasteiger partial charge in [-0.15, -0.1) is 5.92 Å². The summed E-state index contributed by atoms with van der Waals surface area (Å²) in [6.45, 7) is 2.91.